The van der Waals surface area contributed by atoms with Gasteiger partial charge in [0.15, 0.2) is 0 Å². The standard InChI is InChI=1S/C27H35N3O/c31-26(12-5-7-20-17-28-24-10-2-1-9-23(20)24)30-14-6-8-19-15-21-16-22(27(19)30)18-29-13-4-3-11-25(21)29/h1-2,9-10,15,17,21-22,25,27-28H,3-8,11-14,16,18H2/t21-,22+,25+,27-/m0/s1. The van der Waals surface area contributed by atoms with E-state index < -0.39 is 0 Å². The Hall–Kier alpha value is -2.07. The number of piperidine rings is 3. The Morgan fingerprint density at radius 3 is 3.03 bits per heavy atom. The first kappa shape index (κ1) is 19.6. The molecule has 2 bridgehead atoms. The van der Waals surface area contributed by atoms with Gasteiger partial charge in [-0.25, -0.2) is 0 Å². The summed E-state index contributed by atoms with van der Waals surface area (Å²) in [6, 6.07) is 9.63. The van der Waals surface area contributed by atoms with Crippen LogP contribution in [-0.4, -0.2) is 52.4 Å². The number of hydrogen-bond acceptors (Lipinski definition) is 2. The molecule has 0 saturated carbocycles. The molecule has 3 aliphatic heterocycles. The second-order valence-corrected chi connectivity index (χ2v) is 10.3. The largest absolute Gasteiger partial charge is 0.361 e. The van der Waals surface area contributed by atoms with Crippen LogP contribution in [0.2, 0.25) is 0 Å². The number of para-hydroxylation sites is 1. The summed E-state index contributed by atoms with van der Waals surface area (Å²) in [5, 5.41) is 1.30. The number of aryl methyl sites for hydroxylation is 1. The molecule has 1 aromatic heterocycles. The number of H-pyrrole nitrogens is 1. The Labute approximate surface area is 185 Å². The molecule has 6 rings (SSSR count). The molecule has 4 heteroatoms. The van der Waals surface area contributed by atoms with Gasteiger partial charge in [0.2, 0.25) is 5.91 Å². The van der Waals surface area contributed by atoms with E-state index in [-0.39, 0.29) is 0 Å². The van der Waals surface area contributed by atoms with E-state index in [0.29, 0.717) is 24.3 Å². The van der Waals surface area contributed by atoms with E-state index in [1.807, 2.05) is 0 Å². The average Bonchev–Trinajstić information content (AvgIpc) is 3.22. The van der Waals surface area contributed by atoms with Crippen LogP contribution in [-0.2, 0) is 11.2 Å². The van der Waals surface area contributed by atoms with Gasteiger partial charge in [-0.1, -0.05) is 36.3 Å². The van der Waals surface area contributed by atoms with Gasteiger partial charge in [-0.15, -0.1) is 0 Å². The summed E-state index contributed by atoms with van der Waals surface area (Å²) in [6.45, 7) is 3.44. The highest BCUT2D eigenvalue weighted by Crippen LogP contribution is 2.45. The zero-order valence-corrected chi connectivity index (χ0v) is 18.6. The maximum Gasteiger partial charge on any atom is 0.223 e. The predicted octanol–water partition coefficient (Wildman–Crippen LogP) is 4.91. The van der Waals surface area contributed by atoms with Crippen LogP contribution in [0.1, 0.15) is 56.9 Å². The fourth-order valence-corrected chi connectivity index (χ4v) is 7.17. The van der Waals surface area contributed by atoms with Crippen molar-refractivity contribution in [1.29, 1.82) is 0 Å². The van der Waals surface area contributed by atoms with Gasteiger partial charge in [-0.2, -0.15) is 0 Å². The second kappa shape index (κ2) is 8.12. The highest BCUT2D eigenvalue weighted by atomic mass is 16.2. The molecule has 0 radical (unpaired) electrons. The third-order valence-corrected chi connectivity index (χ3v) is 8.49. The SMILES string of the molecule is O=C(CCCc1c[nH]c2ccccc12)N1CCCC2=C[C@H]3C[C@H](CN4CCCC[C@H]34)[C@H]21. The molecular weight excluding hydrogens is 382 g/mol. The van der Waals surface area contributed by atoms with Gasteiger partial charge in [-0.05, 0) is 75.0 Å². The maximum atomic E-state index is 13.4. The quantitative estimate of drug-likeness (QED) is 0.718. The van der Waals surface area contributed by atoms with Gasteiger partial charge in [0.25, 0.3) is 0 Å². The summed E-state index contributed by atoms with van der Waals surface area (Å²) < 4.78 is 0. The van der Waals surface area contributed by atoms with E-state index in [1.54, 1.807) is 5.57 Å². The molecule has 4 nitrogen and oxygen atoms in total. The minimum absolute atomic E-state index is 0.383. The van der Waals surface area contributed by atoms with Crippen LogP contribution in [0.25, 0.3) is 10.9 Å². The first-order valence-corrected chi connectivity index (χ1v) is 12.6. The normalized spacial score (nSPS) is 30.6. The lowest BCUT2D eigenvalue weighted by Crippen LogP contribution is -2.60. The van der Waals surface area contributed by atoms with Crippen molar-refractivity contribution in [3.05, 3.63) is 47.7 Å². The number of carbonyl (C=O) groups is 1. The number of fused-ring (bicyclic) bond motifs is 7. The van der Waals surface area contributed by atoms with Crippen molar-refractivity contribution < 1.29 is 4.79 Å². The third kappa shape index (κ3) is 3.53. The van der Waals surface area contributed by atoms with Gasteiger partial charge in [0.05, 0.1) is 6.04 Å². The zero-order valence-electron chi connectivity index (χ0n) is 18.6. The van der Waals surface area contributed by atoms with Gasteiger partial charge in [0.1, 0.15) is 0 Å². The molecule has 1 aromatic carbocycles. The minimum Gasteiger partial charge on any atom is -0.361 e. The van der Waals surface area contributed by atoms with Gasteiger partial charge < -0.3 is 9.88 Å². The molecule has 0 unspecified atom stereocenters. The van der Waals surface area contributed by atoms with E-state index >= 15 is 0 Å². The number of nitrogens with one attached hydrogen (secondary N) is 1. The van der Waals surface area contributed by atoms with Crippen LogP contribution >= 0.6 is 0 Å². The number of hydrogen-bond donors (Lipinski definition) is 1. The molecule has 1 N–H and O–H groups in total. The molecule has 3 fully saturated rings. The van der Waals surface area contributed by atoms with Crippen molar-refractivity contribution in [2.45, 2.75) is 69.9 Å². The number of aromatic amines is 1. The molecule has 0 spiro atoms. The number of amides is 1. The summed E-state index contributed by atoms with van der Waals surface area (Å²) in [6.07, 6.45) is 15.1. The molecule has 1 aliphatic carbocycles. The second-order valence-electron chi connectivity index (χ2n) is 10.3. The first-order valence-electron chi connectivity index (χ1n) is 12.6. The monoisotopic (exact) mass is 417 g/mol. The lowest BCUT2D eigenvalue weighted by Gasteiger charge is -2.54. The summed E-state index contributed by atoms with van der Waals surface area (Å²) >= 11 is 0. The lowest BCUT2D eigenvalue weighted by atomic mass is 9.68. The first-order chi connectivity index (χ1) is 15.3. The number of rotatable bonds is 4. The highest BCUT2D eigenvalue weighted by Gasteiger charge is 2.46. The van der Waals surface area contributed by atoms with Crippen molar-refractivity contribution in [3.63, 3.8) is 0 Å². The molecule has 2 aromatic rings. The molecule has 31 heavy (non-hydrogen) atoms. The smallest absolute Gasteiger partial charge is 0.223 e. The molecule has 164 valence electrons. The van der Waals surface area contributed by atoms with Crippen LogP contribution in [0, 0.1) is 11.8 Å². The Bertz CT molecular complexity index is 991. The van der Waals surface area contributed by atoms with Crippen LogP contribution in [0.3, 0.4) is 0 Å². The van der Waals surface area contributed by atoms with E-state index in [0.717, 1.165) is 37.8 Å². The van der Waals surface area contributed by atoms with Crippen molar-refractivity contribution in [2.75, 3.05) is 19.6 Å². The van der Waals surface area contributed by atoms with Gasteiger partial charge in [-0.3, -0.25) is 9.69 Å². The molecule has 4 atom stereocenters. The molecule has 4 aliphatic rings. The molecular formula is C27H35N3O. The number of nitrogens with zero attached hydrogens (tertiary/aromatic N) is 2. The van der Waals surface area contributed by atoms with Crippen molar-refractivity contribution in [2.24, 2.45) is 11.8 Å². The minimum atomic E-state index is 0.383. The van der Waals surface area contributed by atoms with Crippen LogP contribution < -0.4 is 0 Å². The molecule has 4 heterocycles. The third-order valence-electron chi connectivity index (χ3n) is 8.49. The van der Waals surface area contributed by atoms with Crippen LogP contribution in [0.5, 0.6) is 0 Å². The average molecular weight is 418 g/mol. The summed E-state index contributed by atoms with van der Waals surface area (Å²) in [4.78, 5) is 21.8. The van der Waals surface area contributed by atoms with Gasteiger partial charge in [0, 0.05) is 42.7 Å². The van der Waals surface area contributed by atoms with E-state index in [2.05, 4.69) is 51.3 Å². The Balaban J connectivity index is 1.14. The number of likely N-dealkylation sites (tertiary alicyclic amines) is 1. The van der Waals surface area contributed by atoms with E-state index in [4.69, 9.17) is 0 Å². The topological polar surface area (TPSA) is 39.3 Å². The molecule has 1 amide bonds. The Morgan fingerprint density at radius 2 is 2.06 bits per heavy atom. The van der Waals surface area contributed by atoms with E-state index in [1.165, 1.54) is 61.7 Å². The van der Waals surface area contributed by atoms with Gasteiger partial charge >= 0.3 is 0 Å². The van der Waals surface area contributed by atoms with Crippen molar-refractivity contribution in [1.82, 2.24) is 14.8 Å². The summed E-state index contributed by atoms with van der Waals surface area (Å²) in [5.41, 5.74) is 4.13. The Morgan fingerprint density at radius 1 is 1.13 bits per heavy atom. The van der Waals surface area contributed by atoms with Crippen LogP contribution in [0.15, 0.2) is 42.1 Å². The fraction of sp³-hybridized carbons (Fsp3) is 0.593. The summed E-state index contributed by atoms with van der Waals surface area (Å²) in [5.74, 6) is 1.77. The zero-order chi connectivity index (χ0) is 20.8. The number of benzene rings is 1. The van der Waals surface area contributed by atoms with Crippen LogP contribution in [0.4, 0.5) is 0 Å². The summed E-state index contributed by atoms with van der Waals surface area (Å²) in [7, 11) is 0. The maximum absolute atomic E-state index is 13.4. The number of carbonyl (C=O) groups excluding carboxylic acids is 1. The Kier molecular flexibility index (Phi) is 5.14. The molecule has 3 saturated heterocycles. The number of aromatic nitrogens is 1. The highest BCUT2D eigenvalue weighted by molar-refractivity contribution is 5.83. The predicted molar refractivity (Wildman–Crippen MR) is 125 cm³/mol. The lowest BCUT2D eigenvalue weighted by molar-refractivity contribution is -0.136. The van der Waals surface area contributed by atoms with Crippen molar-refractivity contribution >= 4 is 16.8 Å². The fourth-order valence-electron chi connectivity index (χ4n) is 7.17. The van der Waals surface area contributed by atoms with Crippen molar-refractivity contribution in [3.8, 4) is 0 Å². The van der Waals surface area contributed by atoms with E-state index in [9.17, 15) is 4.79 Å².